The summed E-state index contributed by atoms with van der Waals surface area (Å²) in [6, 6.07) is 0. The van der Waals surface area contributed by atoms with Crippen LogP contribution in [0.2, 0.25) is 0 Å². The summed E-state index contributed by atoms with van der Waals surface area (Å²) in [4.78, 5) is 26.6. The highest BCUT2D eigenvalue weighted by Gasteiger charge is 2.61. The lowest BCUT2D eigenvalue weighted by molar-refractivity contribution is -0.129. The van der Waals surface area contributed by atoms with Crippen LogP contribution >= 0.6 is 0 Å². The van der Waals surface area contributed by atoms with Gasteiger partial charge in [0.1, 0.15) is 24.7 Å². The molecule has 6 saturated carbocycles. The van der Waals surface area contributed by atoms with Gasteiger partial charge in [0.05, 0.1) is 11.2 Å². The minimum absolute atomic E-state index is 0. The Morgan fingerprint density at radius 1 is 0.607 bits per heavy atom. The van der Waals surface area contributed by atoms with Crippen molar-refractivity contribution in [2.24, 2.45) is 69.0 Å². The number of carbonyl (C=O) groups excluding carboxylic acids is 2. The molecule has 8 aliphatic carbocycles. The number of allylic oxidation sites excluding steroid dienone is 4. The van der Waals surface area contributed by atoms with Crippen LogP contribution in [-0.4, -0.2) is 73.4 Å². The number of nitrogens with zero attached hydrogens (tertiary/aromatic N) is 8. The van der Waals surface area contributed by atoms with Crippen molar-refractivity contribution in [3.8, 4) is 0 Å². The summed E-state index contributed by atoms with van der Waals surface area (Å²) in [7, 11) is 0. The number of ketones is 2. The van der Waals surface area contributed by atoms with Gasteiger partial charge in [-0.2, -0.15) is 0 Å². The molecule has 0 saturated heterocycles. The van der Waals surface area contributed by atoms with Crippen molar-refractivity contribution >= 4 is 11.6 Å². The smallest absolute Gasteiger partial charge is 0.158 e. The van der Waals surface area contributed by atoms with Crippen molar-refractivity contribution in [3.05, 3.63) is 34.9 Å². The van der Waals surface area contributed by atoms with E-state index in [9.17, 15) is 19.8 Å². The molecule has 6 fully saturated rings. The molecule has 336 valence electrons. The zero-order valence-electron chi connectivity index (χ0n) is 37.8. The van der Waals surface area contributed by atoms with Crippen LogP contribution in [0.25, 0.3) is 0 Å². The zero-order valence-corrected chi connectivity index (χ0v) is 37.8. The molecular weight excluding hydrogens is 765 g/mol. The molecule has 2 aromatic heterocycles. The van der Waals surface area contributed by atoms with Crippen LogP contribution in [-0.2, 0) is 22.7 Å². The number of aliphatic hydroxyl groups is 2. The zero-order chi connectivity index (χ0) is 42.6. The van der Waals surface area contributed by atoms with Gasteiger partial charge in [0.25, 0.3) is 0 Å². The minimum atomic E-state index is -0.500. The molecule has 12 nitrogen and oxygen atoms in total. The minimum Gasteiger partial charge on any atom is -0.390 e. The molecule has 0 amide bonds. The van der Waals surface area contributed by atoms with E-state index in [1.54, 1.807) is 20.5 Å². The van der Waals surface area contributed by atoms with Gasteiger partial charge in [0.15, 0.2) is 11.6 Å². The van der Waals surface area contributed by atoms with Gasteiger partial charge >= 0.3 is 0 Å². The first-order chi connectivity index (χ1) is 28.3. The average molecular weight is 841 g/mol. The third-order valence-corrected chi connectivity index (χ3v) is 19.4. The second kappa shape index (κ2) is 15.5. The molecule has 2 heterocycles. The summed E-state index contributed by atoms with van der Waals surface area (Å²) < 4.78 is 3.28. The molecule has 0 radical (unpaired) electrons. The van der Waals surface area contributed by atoms with Gasteiger partial charge in [-0.05, 0) is 208 Å². The molecule has 61 heavy (non-hydrogen) atoms. The van der Waals surface area contributed by atoms with Gasteiger partial charge in [-0.1, -0.05) is 58.4 Å². The Hall–Kier alpha value is -3.12. The Labute approximate surface area is 364 Å². The fourth-order valence-electron chi connectivity index (χ4n) is 15.8. The number of Topliss-reactive ketones (excluding diaryl/α,β-unsaturated/α-hetero) is 2. The summed E-state index contributed by atoms with van der Waals surface area (Å²) in [5.41, 5.74) is 2.91. The van der Waals surface area contributed by atoms with Crippen molar-refractivity contribution in [2.75, 3.05) is 0 Å². The second-order valence-electron chi connectivity index (χ2n) is 22.9. The van der Waals surface area contributed by atoms with Gasteiger partial charge in [-0.25, -0.2) is 9.36 Å². The van der Waals surface area contributed by atoms with Crippen LogP contribution < -0.4 is 0 Å². The summed E-state index contributed by atoms with van der Waals surface area (Å²) in [5, 5.41) is 44.5. The highest BCUT2D eigenvalue weighted by atomic mass is 16.3. The van der Waals surface area contributed by atoms with Gasteiger partial charge in [0.2, 0.25) is 0 Å². The Morgan fingerprint density at radius 2 is 1.00 bits per heavy atom. The fourth-order valence-corrected chi connectivity index (χ4v) is 15.8. The second-order valence-corrected chi connectivity index (χ2v) is 22.9. The Kier molecular flexibility index (Phi) is 11.3. The van der Waals surface area contributed by atoms with Gasteiger partial charge in [0, 0.05) is 11.8 Å². The standard InChI is InChI=1S/2C24H36N4O2.CH4/c2*1-15-25-26-27-28(15)14-21(29)20-8-7-18-17-6-5-16-13-22(2,30)11-12-23(16,3)19(17)9-10-24(18,20)4;/h2*9,16-18,20,30H,5-8,10-14H2,1-4H3;1H4/t16-,17+,18+,20-,22-,23+,24+;16-,17-,18-,20+,22+,23-,24-;/m10./s1. The predicted octanol–water partition coefficient (Wildman–Crippen LogP) is 8.40. The normalized spacial score (nSPS) is 44.6. The third kappa shape index (κ3) is 7.33. The van der Waals surface area contributed by atoms with E-state index >= 15 is 0 Å². The number of aryl methyl sites for hydroxylation is 2. The Bertz CT molecular complexity index is 1920. The lowest BCUT2D eigenvalue weighted by Gasteiger charge is -2.58. The van der Waals surface area contributed by atoms with Crippen LogP contribution in [0.1, 0.15) is 163 Å². The number of carbonyl (C=O) groups is 2. The number of rotatable bonds is 6. The summed E-state index contributed by atoms with van der Waals surface area (Å²) in [6.45, 7) is 18.0. The molecule has 2 N–H and O–H groups in total. The van der Waals surface area contributed by atoms with Crippen LogP contribution in [0.4, 0.5) is 0 Å². The number of fused-ring (bicyclic) bond motifs is 10. The summed E-state index contributed by atoms with van der Waals surface area (Å²) in [6.07, 6.45) is 22.1. The first-order valence-corrected chi connectivity index (χ1v) is 23.6. The molecular formula is C49H76N8O4. The maximum Gasteiger partial charge on any atom is 0.158 e. The molecule has 10 rings (SSSR count). The van der Waals surface area contributed by atoms with Crippen molar-refractivity contribution in [1.29, 1.82) is 0 Å². The first kappa shape index (κ1) is 44.5. The van der Waals surface area contributed by atoms with Crippen molar-refractivity contribution in [2.45, 2.75) is 190 Å². The lowest BCUT2D eigenvalue weighted by Crippen LogP contribution is -2.51. The molecule has 14 atom stereocenters. The topological polar surface area (TPSA) is 162 Å². The van der Waals surface area contributed by atoms with E-state index in [0.717, 1.165) is 77.0 Å². The summed E-state index contributed by atoms with van der Waals surface area (Å²) >= 11 is 0. The molecule has 0 spiro atoms. The van der Waals surface area contributed by atoms with Crippen LogP contribution in [0, 0.1) is 82.9 Å². The number of tetrazole rings is 2. The molecule has 0 aliphatic heterocycles. The monoisotopic (exact) mass is 841 g/mol. The molecule has 0 aromatic carbocycles. The van der Waals surface area contributed by atoms with Gasteiger partial charge in [-0.15, -0.1) is 10.2 Å². The lowest BCUT2D eigenvalue weighted by atomic mass is 9.47. The van der Waals surface area contributed by atoms with Crippen molar-refractivity contribution in [1.82, 2.24) is 40.4 Å². The SMILES string of the molecule is C.Cc1nnnn1CC(=O)[C@H]1CC[C@H]2[C@@H]3CC[C@@H]4C[C@](C)(O)CC[C@]4(C)C3=CC[C@]12C.Cc1nnnn1CC(=O)[C@H]1CC[C@H]2[C@@H]3CC[C@H]4C[C@](C)(O)CC[C@]4(C)C3=CC[C@]12C. The largest absolute Gasteiger partial charge is 0.390 e. The molecule has 0 unspecified atom stereocenters. The molecule has 12 heteroatoms. The number of aromatic nitrogens is 8. The van der Waals surface area contributed by atoms with E-state index in [2.05, 4.69) is 70.9 Å². The highest BCUT2D eigenvalue weighted by molar-refractivity contribution is 5.82. The maximum atomic E-state index is 13.3. The summed E-state index contributed by atoms with van der Waals surface area (Å²) in [5.74, 6) is 5.79. The van der Waals surface area contributed by atoms with Gasteiger partial charge < -0.3 is 10.2 Å². The number of hydrogen-bond donors (Lipinski definition) is 2. The molecule has 0 bridgehead atoms. The molecule has 2 aromatic rings. The first-order valence-electron chi connectivity index (χ1n) is 23.6. The highest BCUT2D eigenvalue weighted by Crippen LogP contribution is 2.68. The predicted molar refractivity (Wildman–Crippen MR) is 233 cm³/mol. The van der Waals surface area contributed by atoms with Gasteiger partial charge in [-0.3, -0.25) is 9.59 Å². The molecule has 8 aliphatic rings. The van der Waals surface area contributed by atoms with E-state index < -0.39 is 11.2 Å². The van der Waals surface area contributed by atoms with E-state index in [0.29, 0.717) is 71.8 Å². The van der Waals surface area contributed by atoms with E-state index in [-0.39, 0.29) is 40.9 Å². The number of hydrogen-bond acceptors (Lipinski definition) is 10. The Balaban J connectivity index is 0.000000166. The Morgan fingerprint density at radius 3 is 1.36 bits per heavy atom. The van der Waals surface area contributed by atoms with Crippen molar-refractivity contribution < 1.29 is 19.8 Å². The van der Waals surface area contributed by atoms with Crippen LogP contribution in [0.3, 0.4) is 0 Å². The third-order valence-electron chi connectivity index (χ3n) is 19.4. The maximum absolute atomic E-state index is 13.3. The van der Waals surface area contributed by atoms with E-state index in [4.69, 9.17) is 0 Å². The van der Waals surface area contributed by atoms with Crippen LogP contribution in [0.5, 0.6) is 0 Å². The van der Waals surface area contributed by atoms with Crippen LogP contribution in [0.15, 0.2) is 23.3 Å². The van der Waals surface area contributed by atoms with E-state index in [1.165, 1.54) is 25.7 Å². The average Bonchev–Trinajstić information content (AvgIpc) is 3.97. The van der Waals surface area contributed by atoms with Crippen molar-refractivity contribution in [3.63, 3.8) is 0 Å². The fraction of sp³-hybridized carbons (Fsp3) is 0.837. The van der Waals surface area contributed by atoms with E-state index in [1.807, 2.05) is 27.7 Å². The quantitative estimate of drug-likeness (QED) is 0.270.